The average molecular weight is 168 g/mol. The van der Waals surface area contributed by atoms with Gasteiger partial charge in [0.2, 0.25) is 0 Å². The van der Waals surface area contributed by atoms with Gasteiger partial charge in [0.25, 0.3) is 0 Å². The van der Waals surface area contributed by atoms with E-state index in [-0.39, 0.29) is 0 Å². The number of hydrogen-bond acceptors (Lipinski definition) is 1. The van der Waals surface area contributed by atoms with E-state index in [1.54, 1.807) is 0 Å². The van der Waals surface area contributed by atoms with Crippen molar-refractivity contribution >= 4 is 5.52 Å². The Balaban J connectivity index is 2.57. The number of aromatic nitrogens is 2. The van der Waals surface area contributed by atoms with Crippen LogP contribution >= 0.6 is 0 Å². The van der Waals surface area contributed by atoms with Crippen molar-refractivity contribution in [1.82, 2.24) is 9.38 Å². The number of hydrogen-bond donors (Lipinski definition) is 0. The van der Waals surface area contributed by atoms with Crippen molar-refractivity contribution in [3.8, 4) is 11.3 Å². The summed E-state index contributed by atoms with van der Waals surface area (Å²) in [6, 6.07) is 10.2. The van der Waals surface area contributed by atoms with E-state index in [1.807, 2.05) is 30.6 Å². The summed E-state index contributed by atoms with van der Waals surface area (Å²) < 4.78 is 2.08. The lowest BCUT2D eigenvalue weighted by molar-refractivity contribution is 1.15. The standard InChI is InChI=1S/C11H8N2/c1-2-7-13-8-5-9-4-6-12-11(9)10(13)3-1/h1-8H. The van der Waals surface area contributed by atoms with E-state index < -0.39 is 0 Å². The predicted octanol–water partition coefficient (Wildman–Crippen LogP) is 2.44. The summed E-state index contributed by atoms with van der Waals surface area (Å²) in [7, 11) is 0. The molecule has 62 valence electrons. The van der Waals surface area contributed by atoms with E-state index in [9.17, 15) is 0 Å². The molecule has 2 heteroatoms. The zero-order valence-corrected chi connectivity index (χ0v) is 7.01. The van der Waals surface area contributed by atoms with Crippen LogP contribution in [0.2, 0.25) is 0 Å². The van der Waals surface area contributed by atoms with Gasteiger partial charge in [-0.05, 0) is 24.3 Å². The summed E-state index contributed by atoms with van der Waals surface area (Å²) in [5.41, 5.74) is 3.43. The van der Waals surface area contributed by atoms with Gasteiger partial charge in [-0.1, -0.05) is 6.07 Å². The zero-order chi connectivity index (χ0) is 8.67. The van der Waals surface area contributed by atoms with Crippen molar-refractivity contribution < 1.29 is 0 Å². The van der Waals surface area contributed by atoms with E-state index in [0.717, 1.165) is 11.2 Å². The molecule has 2 nitrogen and oxygen atoms in total. The second kappa shape index (κ2) is 2.33. The van der Waals surface area contributed by atoms with Crippen LogP contribution in [0.5, 0.6) is 0 Å². The first-order valence-electron chi connectivity index (χ1n) is 4.25. The Morgan fingerprint density at radius 1 is 1.00 bits per heavy atom. The molecule has 1 aromatic rings. The zero-order valence-electron chi connectivity index (χ0n) is 7.01. The van der Waals surface area contributed by atoms with Crippen LogP contribution in [0.1, 0.15) is 0 Å². The summed E-state index contributed by atoms with van der Waals surface area (Å²) >= 11 is 0. The van der Waals surface area contributed by atoms with Gasteiger partial charge in [0.15, 0.2) is 0 Å². The second-order valence-electron chi connectivity index (χ2n) is 3.06. The van der Waals surface area contributed by atoms with Crippen molar-refractivity contribution in [2.75, 3.05) is 0 Å². The lowest BCUT2D eigenvalue weighted by Gasteiger charge is -2.04. The monoisotopic (exact) mass is 168 g/mol. The van der Waals surface area contributed by atoms with Crippen LogP contribution in [0, 0.1) is 0 Å². The minimum absolute atomic E-state index is 1.07. The van der Waals surface area contributed by atoms with Crippen LogP contribution in [0.15, 0.2) is 48.9 Å². The molecule has 0 atom stereocenters. The Hall–Kier alpha value is -1.83. The summed E-state index contributed by atoms with van der Waals surface area (Å²) in [4.78, 5) is 4.33. The molecule has 0 N–H and O–H groups in total. The van der Waals surface area contributed by atoms with Crippen LogP contribution in [0.25, 0.3) is 16.8 Å². The molecule has 0 amide bonds. The third-order valence-corrected chi connectivity index (χ3v) is 2.28. The maximum Gasteiger partial charge on any atom is 0.0943 e. The molecular weight excluding hydrogens is 160 g/mol. The molecule has 2 aliphatic rings. The van der Waals surface area contributed by atoms with Crippen molar-refractivity contribution in [1.29, 1.82) is 0 Å². The van der Waals surface area contributed by atoms with E-state index in [1.165, 1.54) is 5.56 Å². The number of pyridine rings is 2. The number of nitrogens with zero attached hydrogens (tertiary/aromatic N) is 2. The topological polar surface area (TPSA) is 17.3 Å². The Bertz CT molecular complexity index is 525. The largest absolute Gasteiger partial charge is 0.322 e. The second-order valence-corrected chi connectivity index (χ2v) is 3.06. The fraction of sp³-hybridized carbons (Fsp3) is 0. The van der Waals surface area contributed by atoms with E-state index in [2.05, 4.69) is 27.7 Å². The van der Waals surface area contributed by atoms with Crippen molar-refractivity contribution in [3.05, 3.63) is 48.9 Å². The molecule has 0 saturated heterocycles. The molecule has 13 heavy (non-hydrogen) atoms. The normalized spacial score (nSPS) is 11.1. The molecule has 0 aromatic carbocycles. The average Bonchev–Trinajstić information content (AvgIpc) is 2.65. The number of fused-ring (bicyclic) bond motifs is 3. The van der Waals surface area contributed by atoms with Crippen LogP contribution in [-0.2, 0) is 0 Å². The summed E-state index contributed by atoms with van der Waals surface area (Å²) in [5, 5.41) is 0. The van der Waals surface area contributed by atoms with Crippen LogP contribution in [0.4, 0.5) is 0 Å². The highest BCUT2D eigenvalue weighted by Gasteiger charge is 2.06. The van der Waals surface area contributed by atoms with Gasteiger partial charge in [-0.2, -0.15) is 0 Å². The third-order valence-electron chi connectivity index (χ3n) is 2.28. The van der Waals surface area contributed by atoms with Gasteiger partial charge in [0.05, 0.1) is 11.2 Å². The maximum absolute atomic E-state index is 4.33. The van der Waals surface area contributed by atoms with Crippen molar-refractivity contribution in [3.63, 3.8) is 0 Å². The lowest BCUT2D eigenvalue weighted by Crippen LogP contribution is -1.90. The van der Waals surface area contributed by atoms with Gasteiger partial charge in [-0.25, -0.2) is 0 Å². The highest BCUT2D eigenvalue weighted by Crippen LogP contribution is 2.23. The van der Waals surface area contributed by atoms with Crippen LogP contribution < -0.4 is 0 Å². The van der Waals surface area contributed by atoms with E-state index in [0.29, 0.717) is 0 Å². The highest BCUT2D eigenvalue weighted by molar-refractivity contribution is 5.78. The van der Waals surface area contributed by atoms with Gasteiger partial charge in [0.1, 0.15) is 0 Å². The quantitative estimate of drug-likeness (QED) is 0.504. The maximum atomic E-state index is 4.33. The first-order chi connectivity index (χ1) is 6.45. The molecule has 0 aliphatic carbocycles. The molecule has 3 heterocycles. The minimum Gasteiger partial charge on any atom is -0.322 e. The highest BCUT2D eigenvalue weighted by atomic mass is 14.9. The molecule has 0 spiro atoms. The fourth-order valence-corrected chi connectivity index (χ4v) is 1.64. The summed E-state index contributed by atoms with van der Waals surface area (Å²) in [6.07, 6.45) is 5.93. The first kappa shape index (κ1) is 6.66. The van der Waals surface area contributed by atoms with Gasteiger partial charge in [-0.15, -0.1) is 0 Å². The molecule has 0 unspecified atom stereocenters. The van der Waals surface area contributed by atoms with Gasteiger partial charge in [-0.3, -0.25) is 4.98 Å². The van der Waals surface area contributed by atoms with Crippen LogP contribution in [0.3, 0.4) is 0 Å². The third kappa shape index (κ3) is 0.855. The minimum atomic E-state index is 1.07. The molecule has 0 radical (unpaired) electrons. The molecular formula is C11H8N2. The smallest absolute Gasteiger partial charge is 0.0943 e. The Morgan fingerprint density at radius 2 is 2.00 bits per heavy atom. The Kier molecular flexibility index (Phi) is 1.19. The Morgan fingerprint density at radius 3 is 3.00 bits per heavy atom. The molecule has 2 aliphatic heterocycles. The predicted molar refractivity (Wildman–Crippen MR) is 51.8 cm³/mol. The SMILES string of the molecule is c1ccn2ccc3ccnc-3c2c1. The van der Waals surface area contributed by atoms with Gasteiger partial charge in [0, 0.05) is 24.2 Å². The molecule has 1 aromatic heterocycles. The molecule has 0 saturated carbocycles. The summed E-state index contributed by atoms with van der Waals surface area (Å²) in [5.74, 6) is 0. The van der Waals surface area contributed by atoms with E-state index in [4.69, 9.17) is 0 Å². The van der Waals surface area contributed by atoms with Crippen LogP contribution in [-0.4, -0.2) is 9.38 Å². The van der Waals surface area contributed by atoms with Gasteiger partial charge >= 0.3 is 0 Å². The Labute approximate surface area is 75.8 Å². The summed E-state index contributed by atoms with van der Waals surface area (Å²) in [6.45, 7) is 0. The van der Waals surface area contributed by atoms with Crippen molar-refractivity contribution in [2.45, 2.75) is 0 Å². The van der Waals surface area contributed by atoms with Gasteiger partial charge < -0.3 is 4.40 Å². The molecule has 0 fully saturated rings. The first-order valence-corrected chi connectivity index (χ1v) is 4.25. The van der Waals surface area contributed by atoms with Crippen molar-refractivity contribution in [2.24, 2.45) is 0 Å². The number of rotatable bonds is 0. The molecule has 0 bridgehead atoms. The van der Waals surface area contributed by atoms with E-state index >= 15 is 0 Å². The lowest BCUT2D eigenvalue weighted by atomic mass is 10.2. The molecule has 3 rings (SSSR count). The fourth-order valence-electron chi connectivity index (χ4n) is 1.64.